The number of rotatable bonds is 7. The predicted molar refractivity (Wildman–Crippen MR) is 77.0 cm³/mol. The highest BCUT2D eigenvalue weighted by Crippen LogP contribution is 2.34. The Bertz CT molecular complexity index is 423. The zero-order chi connectivity index (χ0) is 15.2. The molecule has 0 aliphatic heterocycles. The van der Waals surface area contributed by atoms with Crippen LogP contribution in [0.2, 0.25) is 0 Å². The average Bonchev–Trinajstić information content (AvgIpc) is 2.34. The van der Waals surface area contributed by atoms with Crippen LogP contribution >= 0.6 is 15.9 Å². The minimum atomic E-state index is -4.20. The van der Waals surface area contributed by atoms with Crippen molar-refractivity contribution in [1.82, 2.24) is 5.32 Å². The van der Waals surface area contributed by atoms with E-state index in [1.165, 1.54) is 0 Å². The number of benzene rings is 1. The lowest BCUT2D eigenvalue weighted by Gasteiger charge is -2.22. The Morgan fingerprint density at radius 1 is 1.30 bits per heavy atom. The summed E-state index contributed by atoms with van der Waals surface area (Å²) in [6, 6.07) is 4.32. The van der Waals surface area contributed by atoms with Gasteiger partial charge in [0.25, 0.3) is 0 Å². The molecule has 0 amide bonds. The van der Waals surface area contributed by atoms with Crippen molar-refractivity contribution in [2.45, 2.75) is 38.9 Å². The molecule has 0 bridgehead atoms. The first-order chi connectivity index (χ1) is 9.37. The molecular formula is C14H19BrF3NO. The maximum atomic E-state index is 12.7. The smallest absolute Gasteiger partial charge is 0.390 e. The molecule has 0 aromatic heterocycles. The van der Waals surface area contributed by atoms with Gasteiger partial charge in [0.15, 0.2) is 0 Å². The molecule has 1 aromatic rings. The van der Waals surface area contributed by atoms with Crippen LogP contribution in [0.5, 0.6) is 5.75 Å². The van der Waals surface area contributed by atoms with E-state index in [9.17, 15) is 13.2 Å². The van der Waals surface area contributed by atoms with E-state index in [1.807, 2.05) is 13.8 Å². The summed E-state index contributed by atoms with van der Waals surface area (Å²) in [5.74, 6) is 0.643. The maximum absolute atomic E-state index is 12.7. The van der Waals surface area contributed by atoms with Gasteiger partial charge >= 0.3 is 6.18 Å². The summed E-state index contributed by atoms with van der Waals surface area (Å²) in [6.07, 6.45) is -4.31. The molecule has 0 radical (unpaired) electrons. The fraction of sp³-hybridized carbons (Fsp3) is 0.571. The summed E-state index contributed by atoms with van der Waals surface area (Å²) in [7, 11) is 0. The third-order valence-corrected chi connectivity index (χ3v) is 3.42. The molecule has 20 heavy (non-hydrogen) atoms. The topological polar surface area (TPSA) is 21.3 Å². The highest BCUT2D eigenvalue weighted by Gasteiger charge is 2.33. The second-order valence-electron chi connectivity index (χ2n) is 4.44. The Morgan fingerprint density at radius 3 is 2.50 bits per heavy atom. The van der Waals surface area contributed by atoms with E-state index in [0.29, 0.717) is 28.9 Å². The van der Waals surface area contributed by atoms with Gasteiger partial charge in [0.2, 0.25) is 0 Å². The van der Waals surface area contributed by atoms with E-state index in [1.54, 1.807) is 18.2 Å². The van der Waals surface area contributed by atoms with Crippen LogP contribution in [0.25, 0.3) is 0 Å². The molecule has 0 aliphatic rings. The number of hydrogen-bond acceptors (Lipinski definition) is 2. The Kier molecular flexibility index (Phi) is 6.82. The molecule has 1 N–H and O–H groups in total. The van der Waals surface area contributed by atoms with Crippen molar-refractivity contribution in [3.8, 4) is 5.75 Å². The van der Waals surface area contributed by atoms with Crippen LogP contribution in [0.3, 0.4) is 0 Å². The molecule has 0 saturated heterocycles. The van der Waals surface area contributed by atoms with Crippen molar-refractivity contribution in [3.63, 3.8) is 0 Å². The van der Waals surface area contributed by atoms with Gasteiger partial charge in [-0.3, -0.25) is 0 Å². The molecular weight excluding hydrogens is 335 g/mol. The summed E-state index contributed by atoms with van der Waals surface area (Å²) >= 11 is 3.33. The molecule has 1 unspecified atom stereocenters. The van der Waals surface area contributed by atoms with E-state index < -0.39 is 18.6 Å². The molecule has 1 rings (SSSR count). The molecule has 114 valence electrons. The van der Waals surface area contributed by atoms with Gasteiger partial charge in [-0.1, -0.05) is 28.9 Å². The first-order valence-corrected chi connectivity index (χ1v) is 7.39. The zero-order valence-corrected chi connectivity index (χ0v) is 13.1. The molecule has 0 saturated carbocycles. The number of nitrogens with one attached hydrogen (secondary N) is 1. The molecule has 6 heteroatoms. The summed E-state index contributed by atoms with van der Waals surface area (Å²) in [5, 5.41) is 2.94. The first-order valence-electron chi connectivity index (χ1n) is 6.59. The van der Waals surface area contributed by atoms with E-state index >= 15 is 0 Å². The van der Waals surface area contributed by atoms with Gasteiger partial charge in [-0.25, -0.2) is 0 Å². The van der Waals surface area contributed by atoms with E-state index in [-0.39, 0.29) is 0 Å². The highest BCUT2D eigenvalue weighted by molar-refractivity contribution is 9.10. The van der Waals surface area contributed by atoms with Gasteiger partial charge in [-0.05, 0) is 37.6 Å². The molecule has 0 fully saturated rings. The highest BCUT2D eigenvalue weighted by atomic mass is 79.9. The summed E-state index contributed by atoms with van der Waals surface area (Å²) < 4.78 is 44.0. The number of hydrogen-bond donors (Lipinski definition) is 1. The van der Waals surface area contributed by atoms with Crippen LogP contribution < -0.4 is 10.1 Å². The fourth-order valence-corrected chi connectivity index (χ4v) is 2.52. The molecule has 0 aliphatic carbocycles. The molecule has 1 aromatic carbocycles. The minimum Gasteiger partial charge on any atom is -0.494 e. The Labute approximate surface area is 125 Å². The Balaban J connectivity index is 2.94. The van der Waals surface area contributed by atoms with E-state index in [2.05, 4.69) is 21.2 Å². The normalized spacial score (nSPS) is 13.3. The lowest BCUT2D eigenvalue weighted by Crippen LogP contribution is -2.27. The van der Waals surface area contributed by atoms with Crippen molar-refractivity contribution in [2.75, 3.05) is 13.2 Å². The van der Waals surface area contributed by atoms with Crippen LogP contribution in [0, 0.1) is 0 Å². The van der Waals surface area contributed by atoms with Crippen molar-refractivity contribution in [2.24, 2.45) is 0 Å². The average molecular weight is 354 g/mol. The van der Waals surface area contributed by atoms with Gasteiger partial charge in [0.1, 0.15) is 5.75 Å². The van der Waals surface area contributed by atoms with Gasteiger partial charge in [-0.2, -0.15) is 13.2 Å². The van der Waals surface area contributed by atoms with Gasteiger partial charge in [-0.15, -0.1) is 0 Å². The first kappa shape index (κ1) is 17.3. The SMILES string of the molecule is CCCNC(CC(F)(F)F)c1ccc(OCC)cc1Br. The summed E-state index contributed by atoms with van der Waals surface area (Å²) in [5.41, 5.74) is 0.597. The van der Waals surface area contributed by atoms with Crippen molar-refractivity contribution >= 4 is 15.9 Å². The second-order valence-corrected chi connectivity index (χ2v) is 5.30. The monoisotopic (exact) mass is 353 g/mol. The predicted octanol–water partition coefficient (Wildman–Crippen LogP) is 4.84. The lowest BCUT2D eigenvalue weighted by atomic mass is 10.0. The fourth-order valence-electron chi connectivity index (χ4n) is 1.89. The van der Waals surface area contributed by atoms with Gasteiger partial charge in [0, 0.05) is 10.5 Å². The second kappa shape index (κ2) is 7.88. The van der Waals surface area contributed by atoms with Crippen LogP contribution in [0.15, 0.2) is 22.7 Å². The maximum Gasteiger partial charge on any atom is 0.390 e. The lowest BCUT2D eigenvalue weighted by molar-refractivity contribution is -0.140. The molecule has 0 heterocycles. The van der Waals surface area contributed by atoms with Crippen LogP contribution in [0.1, 0.15) is 38.3 Å². The van der Waals surface area contributed by atoms with Crippen LogP contribution in [-0.2, 0) is 0 Å². The molecule has 1 atom stereocenters. The third-order valence-electron chi connectivity index (χ3n) is 2.73. The van der Waals surface area contributed by atoms with Gasteiger partial charge in [0.05, 0.1) is 13.0 Å². The largest absolute Gasteiger partial charge is 0.494 e. The Morgan fingerprint density at radius 2 is 2.00 bits per heavy atom. The van der Waals surface area contributed by atoms with Crippen molar-refractivity contribution < 1.29 is 17.9 Å². The quantitative estimate of drug-likeness (QED) is 0.757. The van der Waals surface area contributed by atoms with E-state index in [4.69, 9.17) is 4.74 Å². The third kappa shape index (κ3) is 5.71. The standard InChI is InChI=1S/C14H19BrF3NO/c1-3-7-19-13(9-14(16,17)18)11-6-5-10(20-4-2)8-12(11)15/h5-6,8,13,19H,3-4,7,9H2,1-2H3. The number of ether oxygens (including phenoxy) is 1. The number of alkyl halides is 3. The van der Waals surface area contributed by atoms with Crippen LogP contribution in [-0.4, -0.2) is 19.3 Å². The van der Waals surface area contributed by atoms with Crippen LogP contribution in [0.4, 0.5) is 13.2 Å². The van der Waals surface area contributed by atoms with E-state index in [0.717, 1.165) is 6.42 Å². The summed E-state index contributed by atoms with van der Waals surface area (Å²) in [4.78, 5) is 0. The number of halogens is 4. The van der Waals surface area contributed by atoms with Crippen molar-refractivity contribution in [3.05, 3.63) is 28.2 Å². The molecule has 0 spiro atoms. The van der Waals surface area contributed by atoms with Gasteiger partial charge < -0.3 is 10.1 Å². The summed E-state index contributed by atoms with van der Waals surface area (Å²) in [6.45, 7) is 4.84. The Hall–Kier alpha value is -0.750. The van der Waals surface area contributed by atoms with Crippen molar-refractivity contribution in [1.29, 1.82) is 0 Å². The molecule has 2 nitrogen and oxygen atoms in total. The minimum absolute atomic E-state index is 0.520. The zero-order valence-electron chi connectivity index (χ0n) is 11.6.